The second-order valence-corrected chi connectivity index (χ2v) is 5.26. The molecule has 0 amide bonds. The summed E-state index contributed by atoms with van der Waals surface area (Å²) in [7, 11) is 1.26. The first-order valence-corrected chi connectivity index (χ1v) is 6.88. The quantitative estimate of drug-likeness (QED) is 0.628. The zero-order chi connectivity index (χ0) is 14.7. The van der Waals surface area contributed by atoms with Crippen molar-refractivity contribution in [2.75, 3.05) is 7.11 Å². The van der Waals surface area contributed by atoms with Crippen LogP contribution in [-0.4, -0.2) is 18.9 Å². The third-order valence-electron chi connectivity index (χ3n) is 2.46. The maximum absolute atomic E-state index is 11.8. The molecule has 0 aliphatic carbocycles. The Kier molecular flexibility index (Phi) is 4.42. The molecule has 1 aromatic carbocycles. The number of rotatable bonds is 4. The molecule has 0 saturated carbocycles. The maximum atomic E-state index is 11.8. The number of esters is 1. The summed E-state index contributed by atoms with van der Waals surface area (Å²) in [5, 5.41) is 0.131. The van der Waals surface area contributed by atoms with Crippen LogP contribution in [0, 0.1) is 0 Å². The first kappa shape index (κ1) is 14.6. The zero-order valence-electron chi connectivity index (χ0n) is 10.8. The minimum absolute atomic E-state index is 0.131. The van der Waals surface area contributed by atoms with Gasteiger partial charge in [-0.25, -0.2) is 4.79 Å². The zero-order valence-corrected chi connectivity index (χ0v) is 12.4. The fraction of sp³-hybridized carbons (Fsp3) is 0.143. The lowest BCUT2D eigenvalue weighted by molar-refractivity contribution is 0.0603. The van der Waals surface area contributed by atoms with Crippen LogP contribution in [0.5, 0.6) is 11.5 Å². The fourth-order valence-electron chi connectivity index (χ4n) is 1.55. The summed E-state index contributed by atoms with van der Waals surface area (Å²) in [5.74, 6) is -0.143. The lowest BCUT2D eigenvalue weighted by Crippen LogP contribution is -2.00. The second kappa shape index (κ2) is 6.07. The van der Waals surface area contributed by atoms with Crippen LogP contribution in [0.2, 0.25) is 5.02 Å². The molecule has 1 aromatic heterocycles. The Labute approximate surface area is 124 Å². The van der Waals surface area contributed by atoms with Gasteiger partial charge in [0.15, 0.2) is 16.4 Å². The Balaban J connectivity index is 2.49. The van der Waals surface area contributed by atoms with Gasteiger partial charge < -0.3 is 9.47 Å². The van der Waals surface area contributed by atoms with E-state index in [9.17, 15) is 9.59 Å². The van der Waals surface area contributed by atoms with Crippen LogP contribution in [0.3, 0.4) is 0 Å². The van der Waals surface area contributed by atoms with E-state index >= 15 is 0 Å². The number of benzene rings is 1. The van der Waals surface area contributed by atoms with Crippen LogP contribution >= 0.6 is 22.9 Å². The van der Waals surface area contributed by atoms with Crippen molar-refractivity contribution in [3.8, 4) is 11.5 Å². The summed E-state index contributed by atoms with van der Waals surface area (Å²) in [4.78, 5) is 23.7. The standard InChI is InChI=1S/C14H11ClO4S/c1-8(16)12-10(15)11(13(20-12)14(17)18-2)19-9-6-4-3-5-7-9/h3-7H,1-2H3. The number of hydrogen-bond acceptors (Lipinski definition) is 5. The highest BCUT2D eigenvalue weighted by Gasteiger charge is 2.26. The topological polar surface area (TPSA) is 52.6 Å². The molecule has 2 rings (SSSR count). The smallest absolute Gasteiger partial charge is 0.351 e. The van der Waals surface area contributed by atoms with E-state index in [1.807, 2.05) is 6.07 Å². The Bertz CT molecular complexity index is 649. The van der Waals surface area contributed by atoms with Gasteiger partial charge in [0.25, 0.3) is 0 Å². The molecule has 0 spiro atoms. The second-order valence-electron chi connectivity index (χ2n) is 3.87. The minimum Gasteiger partial charge on any atom is -0.465 e. The van der Waals surface area contributed by atoms with E-state index in [-0.39, 0.29) is 26.3 Å². The Morgan fingerprint density at radius 2 is 1.80 bits per heavy atom. The number of carbonyl (C=O) groups excluding carboxylic acids is 2. The van der Waals surface area contributed by atoms with Crippen molar-refractivity contribution in [1.82, 2.24) is 0 Å². The van der Waals surface area contributed by atoms with Crippen LogP contribution < -0.4 is 4.74 Å². The number of Topliss-reactive ketones (excluding diaryl/α,β-unsaturated/α-hetero) is 1. The van der Waals surface area contributed by atoms with E-state index < -0.39 is 5.97 Å². The van der Waals surface area contributed by atoms with Crippen LogP contribution in [0.15, 0.2) is 30.3 Å². The molecule has 0 saturated heterocycles. The van der Waals surface area contributed by atoms with Crippen LogP contribution in [0.1, 0.15) is 26.3 Å². The number of halogens is 1. The molecule has 0 bridgehead atoms. The molecule has 4 nitrogen and oxygen atoms in total. The van der Waals surface area contributed by atoms with Crippen molar-refractivity contribution in [3.63, 3.8) is 0 Å². The maximum Gasteiger partial charge on any atom is 0.351 e. The number of ketones is 1. The molecule has 0 aliphatic heterocycles. The Morgan fingerprint density at radius 3 is 2.35 bits per heavy atom. The molecule has 1 heterocycles. The monoisotopic (exact) mass is 310 g/mol. The van der Waals surface area contributed by atoms with Crippen molar-refractivity contribution in [3.05, 3.63) is 45.1 Å². The van der Waals surface area contributed by atoms with Gasteiger partial charge in [-0.15, -0.1) is 11.3 Å². The summed E-state index contributed by atoms with van der Waals surface area (Å²) in [6.45, 7) is 1.38. The van der Waals surface area contributed by atoms with Gasteiger partial charge >= 0.3 is 5.97 Å². The highest BCUT2D eigenvalue weighted by molar-refractivity contribution is 7.17. The predicted octanol–water partition coefficient (Wildman–Crippen LogP) is 4.18. The fourth-order valence-corrected chi connectivity index (χ4v) is 2.92. The number of hydrogen-bond donors (Lipinski definition) is 0. The molecule has 0 fully saturated rings. The van der Waals surface area contributed by atoms with Gasteiger partial charge in [-0.05, 0) is 12.1 Å². The van der Waals surface area contributed by atoms with E-state index in [1.165, 1.54) is 14.0 Å². The summed E-state index contributed by atoms with van der Waals surface area (Å²) in [5.41, 5.74) is 0. The third kappa shape index (κ3) is 2.84. The molecule has 6 heteroatoms. The highest BCUT2D eigenvalue weighted by atomic mass is 35.5. The summed E-state index contributed by atoms with van der Waals surface area (Å²) in [6.07, 6.45) is 0. The first-order chi connectivity index (χ1) is 9.54. The molecule has 0 unspecified atom stereocenters. The van der Waals surface area contributed by atoms with Crippen molar-refractivity contribution in [2.24, 2.45) is 0 Å². The average molecular weight is 311 g/mol. The first-order valence-electron chi connectivity index (χ1n) is 5.69. The molecule has 0 atom stereocenters. The van der Waals surface area contributed by atoms with E-state index in [0.29, 0.717) is 5.75 Å². The van der Waals surface area contributed by atoms with Crippen molar-refractivity contribution in [1.29, 1.82) is 0 Å². The molecular weight excluding hydrogens is 300 g/mol. The SMILES string of the molecule is COC(=O)c1sc(C(C)=O)c(Cl)c1Oc1ccccc1. The molecule has 104 valence electrons. The molecule has 0 radical (unpaired) electrons. The summed E-state index contributed by atoms with van der Waals surface area (Å²) < 4.78 is 10.3. The van der Waals surface area contributed by atoms with Gasteiger partial charge in [0.2, 0.25) is 0 Å². The third-order valence-corrected chi connectivity index (χ3v) is 4.19. The van der Waals surface area contributed by atoms with Crippen LogP contribution in [0.25, 0.3) is 0 Å². The summed E-state index contributed by atoms with van der Waals surface area (Å²) >= 11 is 7.10. The van der Waals surface area contributed by atoms with Crippen LogP contribution in [0.4, 0.5) is 0 Å². The van der Waals surface area contributed by atoms with Crippen LogP contribution in [-0.2, 0) is 4.74 Å². The largest absolute Gasteiger partial charge is 0.465 e. The predicted molar refractivity (Wildman–Crippen MR) is 77.2 cm³/mol. The average Bonchev–Trinajstić information content (AvgIpc) is 2.77. The molecular formula is C14H11ClO4S. The van der Waals surface area contributed by atoms with Gasteiger partial charge in [0.05, 0.1) is 12.0 Å². The lowest BCUT2D eigenvalue weighted by atomic mass is 10.3. The number of ether oxygens (including phenoxy) is 2. The lowest BCUT2D eigenvalue weighted by Gasteiger charge is -2.06. The minimum atomic E-state index is -0.588. The van der Waals surface area contributed by atoms with Crippen molar-refractivity contribution >= 4 is 34.7 Å². The van der Waals surface area contributed by atoms with Gasteiger partial charge in [-0.2, -0.15) is 0 Å². The normalized spacial score (nSPS) is 10.2. The van der Waals surface area contributed by atoms with E-state index in [0.717, 1.165) is 11.3 Å². The van der Waals surface area contributed by atoms with E-state index in [1.54, 1.807) is 24.3 Å². The summed E-state index contributed by atoms with van der Waals surface area (Å²) in [6, 6.07) is 8.87. The van der Waals surface area contributed by atoms with Gasteiger partial charge in [0.1, 0.15) is 10.8 Å². The number of carbonyl (C=O) groups is 2. The van der Waals surface area contributed by atoms with Crippen molar-refractivity contribution in [2.45, 2.75) is 6.92 Å². The Hall–Kier alpha value is -1.85. The Morgan fingerprint density at radius 1 is 1.15 bits per heavy atom. The molecule has 20 heavy (non-hydrogen) atoms. The molecule has 2 aromatic rings. The number of thiophene rings is 1. The van der Waals surface area contributed by atoms with E-state index in [4.69, 9.17) is 16.3 Å². The number of methoxy groups -OCH3 is 1. The number of para-hydroxylation sites is 1. The highest BCUT2D eigenvalue weighted by Crippen LogP contribution is 2.42. The van der Waals surface area contributed by atoms with Gasteiger partial charge in [0, 0.05) is 6.92 Å². The van der Waals surface area contributed by atoms with E-state index in [2.05, 4.69) is 4.74 Å². The molecule has 0 aliphatic rings. The van der Waals surface area contributed by atoms with Crippen molar-refractivity contribution < 1.29 is 19.1 Å². The molecule has 0 N–H and O–H groups in total. The van der Waals surface area contributed by atoms with Gasteiger partial charge in [-0.3, -0.25) is 4.79 Å². The van der Waals surface area contributed by atoms with Gasteiger partial charge in [-0.1, -0.05) is 29.8 Å².